The Labute approximate surface area is 145 Å². The van der Waals surface area contributed by atoms with Crippen LogP contribution in [0, 0.1) is 5.92 Å². The van der Waals surface area contributed by atoms with E-state index in [2.05, 4.69) is 4.99 Å². The maximum absolute atomic E-state index is 12.2. The normalized spacial score (nSPS) is 22.6. The molecular formula is C18H20N2O3S. The average molecular weight is 344 g/mol. The number of aliphatic imine (C=N–C) groups is 1. The van der Waals surface area contributed by atoms with Gasteiger partial charge in [-0.05, 0) is 43.2 Å². The molecule has 126 valence electrons. The number of amidine groups is 1. The lowest BCUT2D eigenvalue weighted by Crippen LogP contribution is -2.41. The largest absolute Gasteiger partial charge is 0.466 e. The van der Waals surface area contributed by atoms with Gasteiger partial charge in [0.05, 0.1) is 17.4 Å². The van der Waals surface area contributed by atoms with E-state index in [0.29, 0.717) is 23.2 Å². The molecule has 1 saturated heterocycles. The quantitative estimate of drug-likeness (QED) is 0.623. The van der Waals surface area contributed by atoms with E-state index in [1.807, 2.05) is 48.2 Å². The van der Waals surface area contributed by atoms with Crippen molar-refractivity contribution in [2.75, 3.05) is 19.7 Å². The van der Waals surface area contributed by atoms with Crippen molar-refractivity contribution in [1.82, 2.24) is 4.90 Å². The van der Waals surface area contributed by atoms with Crippen LogP contribution in [0.25, 0.3) is 6.08 Å². The van der Waals surface area contributed by atoms with Crippen molar-refractivity contribution in [2.24, 2.45) is 10.9 Å². The number of piperidine rings is 1. The van der Waals surface area contributed by atoms with Crippen LogP contribution in [0.5, 0.6) is 0 Å². The van der Waals surface area contributed by atoms with E-state index in [1.165, 1.54) is 11.8 Å². The molecule has 2 aliphatic heterocycles. The molecule has 0 aromatic heterocycles. The molecular weight excluding hydrogens is 324 g/mol. The summed E-state index contributed by atoms with van der Waals surface area (Å²) in [6.45, 7) is 3.59. The Bertz CT molecular complexity index is 685. The van der Waals surface area contributed by atoms with Gasteiger partial charge in [0.25, 0.3) is 5.91 Å². The van der Waals surface area contributed by atoms with Crippen LogP contribution in [0.15, 0.2) is 40.2 Å². The Hall–Kier alpha value is -2.08. The lowest BCUT2D eigenvalue weighted by molar-refractivity contribution is -0.149. The summed E-state index contributed by atoms with van der Waals surface area (Å²) < 4.78 is 5.12. The van der Waals surface area contributed by atoms with Crippen LogP contribution in [-0.2, 0) is 14.3 Å². The molecule has 2 heterocycles. The van der Waals surface area contributed by atoms with Crippen molar-refractivity contribution >= 4 is 34.9 Å². The monoisotopic (exact) mass is 344 g/mol. The molecule has 2 aliphatic rings. The lowest BCUT2D eigenvalue weighted by atomic mass is 9.99. The van der Waals surface area contributed by atoms with Crippen LogP contribution in [0.1, 0.15) is 25.3 Å². The van der Waals surface area contributed by atoms with E-state index < -0.39 is 0 Å². The third-order valence-corrected chi connectivity index (χ3v) is 5.06. The predicted molar refractivity (Wildman–Crippen MR) is 95.4 cm³/mol. The summed E-state index contributed by atoms with van der Waals surface area (Å²) in [5, 5.41) is 0.691. The molecule has 0 unspecified atom stereocenters. The zero-order chi connectivity index (χ0) is 16.9. The highest BCUT2D eigenvalue weighted by Gasteiger charge is 2.32. The Morgan fingerprint density at radius 3 is 2.96 bits per heavy atom. The van der Waals surface area contributed by atoms with Gasteiger partial charge in [0.2, 0.25) is 0 Å². The van der Waals surface area contributed by atoms with Gasteiger partial charge >= 0.3 is 5.97 Å². The van der Waals surface area contributed by atoms with E-state index in [-0.39, 0.29) is 17.8 Å². The Kier molecular flexibility index (Phi) is 5.35. The molecule has 0 bridgehead atoms. The number of rotatable bonds is 3. The first-order valence-corrected chi connectivity index (χ1v) is 8.98. The molecule has 1 amide bonds. The molecule has 0 radical (unpaired) electrons. The van der Waals surface area contributed by atoms with Gasteiger partial charge in [0.15, 0.2) is 5.17 Å². The number of carbonyl (C=O) groups excluding carboxylic acids is 2. The fraction of sp³-hybridized carbons (Fsp3) is 0.389. The van der Waals surface area contributed by atoms with E-state index >= 15 is 0 Å². The molecule has 5 nitrogen and oxygen atoms in total. The van der Waals surface area contributed by atoms with Crippen molar-refractivity contribution in [3.63, 3.8) is 0 Å². The van der Waals surface area contributed by atoms with Crippen molar-refractivity contribution in [3.05, 3.63) is 40.8 Å². The topological polar surface area (TPSA) is 59.0 Å². The molecule has 1 aromatic carbocycles. The number of esters is 1. The second-order valence-corrected chi connectivity index (χ2v) is 6.77. The van der Waals surface area contributed by atoms with Crippen LogP contribution in [-0.4, -0.2) is 41.6 Å². The highest BCUT2D eigenvalue weighted by atomic mass is 32.2. The maximum Gasteiger partial charge on any atom is 0.310 e. The molecule has 0 spiro atoms. The van der Waals surface area contributed by atoms with Gasteiger partial charge in [-0.3, -0.25) is 9.59 Å². The molecule has 1 fully saturated rings. The number of benzene rings is 1. The summed E-state index contributed by atoms with van der Waals surface area (Å²) in [4.78, 5) is 30.9. The maximum atomic E-state index is 12.2. The number of thioether (sulfide) groups is 1. The highest BCUT2D eigenvalue weighted by Crippen LogP contribution is 2.32. The second-order valence-electron chi connectivity index (χ2n) is 5.76. The zero-order valence-electron chi connectivity index (χ0n) is 13.6. The molecule has 1 aromatic rings. The smallest absolute Gasteiger partial charge is 0.310 e. The molecule has 0 saturated carbocycles. The van der Waals surface area contributed by atoms with Crippen LogP contribution in [0.2, 0.25) is 0 Å². The summed E-state index contributed by atoms with van der Waals surface area (Å²) in [6.07, 6.45) is 3.58. The first kappa shape index (κ1) is 16.8. The standard InChI is InChI=1S/C18H20N2O3S/c1-2-23-17(22)14-9-6-10-20(12-14)18-19-16(21)15(24-18)11-13-7-4-3-5-8-13/h3-5,7-8,11,14H,2,6,9-10,12H2,1H3/b15-11+/t14-/m1/s1. The van der Waals surface area contributed by atoms with Crippen molar-refractivity contribution in [1.29, 1.82) is 0 Å². The second kappa shape index (κ2) is 7.66. The van der Waals surface area contributed by atoms with Crippen molar-refractivity contribution < 1.29 is 14.3 Å². The van der Waals surface area contributed by atoms with Gasteiger partial charge in [-0.1, -0.05) is 30.3 Å². The van der Waals surface area contributed by atoms with Gasteiger partial charge in [0, 0.05) is 13.1 Å². The molecule has 1 atom stereocenters. The third kappa shape index (κ3) is 3.87. The van der Waals surface area contributed by atoms with Crippen LogP contribution in [0.3, 0.4) is 0 Å². The minimum atomic E-state index is -0.211. The van der Waals surface area contributed by atoms with E-state index in [1.54, 1.807) is 0 Å². The van der Waals surface area contributed by atoms with Gasteiger partial charge in [0.1, 0.15) is 0 Å². The minimum Gasteiger partial charge on any atom is -0.466 e. The van der Waals surface area contributed by atoms with Crippen LogP contribution in [0.4, 0.5) is 0 Å². The minimum absolute atomic E-state index is 0.140. The number of nitrogens with zero attached hydrogens (tertiary/aromatic N) is 2. The zero-order valence-corrected chi connectivity index (χ0v) is 14.4. The SMILES string of the molecule is CCOC(=O)[C@@H]1CCCN(C2=NC(=O)/C(=C\c3ccccc3)S2)C1. The molecule has 6 heteroatoms. The molecule has 0 N–H and O–H groups in total. The van der Waals surface area contributed by atoms with Crippen molar-refractivity contribution in [2.45, 2.75) is 19.8 Å². The van der Waals surface area contributed by atoms with Crippen LogP contribution < -0.4 is 0 Å². The molecule has 0 aliphatic carbocycles. The average Bonchev–Trinajstić information content (AvgIpc) is 2.97. The number of amides is 1. The predicted octanol–water partition coefficient (Wildman–Crippen LogP) is 2.93. The number of carbonyl (C=O) groups is 2. The van der Waals surface area contributed by atoms with Gasteiger partial charge < -0.3 is 9.64 Å². The van der Waals surface area contributed by atoms with Gasteiger partial charge in [-0.15, -0.1) is 0 Å². The Morgan fingerprint density at radius 1 is 1.42 bits per heavy atom. The summed E-state index contributed by atoms with van der Waals surface area (Å²) in [5.41, 5.74) is 0.979. The fourth-order valence-electron chi connectivity index (χ4n) is 2.84. The Balaban J connectivity index is 1.68. The Morgan fingerprint density at radius 2 is 2.21 bits per heavy atom. The first-order chi connectivity index (χ1) is 11.7. The molecule has 3 rings (SSSR count). The van der Waals surface area contributed by atoms with Crippen LogP contribution >= 0.6 is 11.8 Å². The number of ether oxygens (including phenoxy) is 1. The summed E-state index contributed by atoms with van der Waals surface area (Å²) in [5.74, 6) is -0.506. The highest BCUT2D eigenvalue weighted by molar-refractivity contribution is 8.18. The van der Waals surface area contributed by atoms with E-state index in [4.69, 9.17) is 4.74 Å². The van der Waals surface area contributed by atoms with Crippen molar-refractivity contribution in [3.8, 4) is 0 Å². The third-order valence-electron chi connectivity index (χ3n) is 4.02. The van der Waals surface area contributed by atoms with E-state index in [0.717, 1.165) is 24.9 Å². The lowest BCUT2D eigenvalue weighted by Gasteiger charge is -2.32. The first-order valence-electron chi connectivity index (χ1n) is 8.16. The number of hydrogen-bond acceptors (Lipinski definition) is 5. The van der Waals surface area contributed by atoms with E-state index in [9.17, 15) is 9.59 Å². The number of hydrogen-bond donors (Lipinski definition) is 0. The van der Waals surface area contributed by atoms with Gasteiger partial charge in [-0.2, -0.15) is 4.99 Å². The molecule has 24 heavy (non-hydrogen) atoms. The summed E-state index contributed by atoms with van der Waals surface area (Å²) >= 11 is 1.38. The summed E-state index contributed by atoms with van der Waals surface area (Å²) in [7, 11) is 0. The fourth-order valence-corrected chi connectivity index (χ4v) is 3.79. The van der Waals surface area contributed by atoms with Gasteiger partial charge in [-0.25, -0.2) is 0 Å². The summed E-state index contributed by atoms with van der Waals surface area (Å²) in [6, 6.07) is 9.73. The number of likely N-dealkylation sites (tertiary alicyclic amines) is 1.